The summed E-state index contributed by atoms with van der Waals surface area (Å²) in [7, 11) is -3.47. The van der Waals surface area contributed by atoms with E-state index in [1.165, 1.54) is 0 Å². The number of rotatable bonds is 7. The van der Waals surface area contributed by atoms with Gasteiger partial charge >= 0.3 is 6.18 Å². The largest absolute Gasteiger partial charge is 0.411 e. The van der Waals surface area contributed by atoms with E-state index in [0.717, 1.165) is 0 Å². The van der Waals surface area contributed by atoms with Gasteiger partial charge in [0.1, 0.15) is 6.61 Å². The molecule has 9 heteroatoms. The zero-order chi connectivity index (χ0) is 16.1. The van der Waals surface area contributed by atoms with Crippen molar-refractivity contribution in [3.63, 3.8) is 0 Å². The maximum atomic E-state index is 12.1. The van der Waals surface area contributed by atoms with Crippen LogP contribution in [0, 0.1) is 5.92 Å². The predicted molar refractivity (Wildman–Crippen MR) is 74.9 cm³/mol. The van der Waals surface area contributed by atoms with Gasteiger partial charge in [-0.25, -0.2) is 13.1 Å². The maximum absolute atomic E-state index is 12.1. The highest BCUT2D eigenvalue weighted by Crippen LogP contribution is 2.24. The van der Waals surface area contributed by atoms with Crippen LogP contribution in [0.5, 0.6) is 0 Å². The molecule has 3 unspecified atom stereocenters. The van der Waals surface area contributed by atoms with Crippen molar-refractivity contribution in [2.24, 2.45) is 5.92 Å². The van der Waals surface area contributed by atoms with E-state index < -0.39 is 28.9 Å². The van der Waals surface area contributed by atoms with E-state index in [9.17, 15) is 21.6 Å². The Balaban J connectivity index is 2.45. The molecule has 0 aromatic heterocycles. The van der Waals surface area contributed by atoms with Gasteiger partial charge < -0.3 is 4.74 Å². The first-order valence-electron chi connectivity index (χ1n) is 6.85. The van der Waals surface area contributed by atoms with Crippen molar-refractivity contribution in [3.8, 4) is 0 Å². The van der Waals surface area contributed by atoms with Crippen LogP contribution in [0.15, 0.2) is 0 Å². The van der Waals surface area contributed by atoms with Crippen molar-refractivity contribution in [1.29, 1.82) is 0 Å². The van der Waals surface area contributed by atoms with Crippen LogP contribution >= 0.6 is 11.6 Å². The second-order valence-electron chi connectivity index (χ2n) is 5.57. The van der Waals surface area contributed by atoms with Crippen LogP contribution in [0.1, 0.15) is 32.6 Å². The monoisotopic (exact) mass is 351 g/mol. The molecule has 1 fully saturated rings. The lowest BCUT2D eigenvalue weighted by Crippen LogP contribution is -2.42. The number of nitrogens with one attached hydrogen (secondary N) is 1. The molecule has 0 bridgehead atoms. The molecule has 1 aliphatic carbocycles. The molecule has 0 radical (unpaired) electrons. The molecule has 1 rings (SSSR count). The Kier molecular flexibility index (Phi) is 7.23. The molecule has 0 spiro atoms. The normalized spacial score (nSPS) is 25.8. The summed E-state index contributed by atoms with van der Waals surface area (Å²) in [4.78, 5) is 0. The number of sulfonamides is 1. The van der Waals surface area contributed by atoms with Gasteiger partial charge in [-0.05, 0) is 31.6 Å². The van der Waals surface area contributed by atoms with Crippen LogP contribution in [0.2, 0.25) is 0 Å². The highest BCUT2D eigenvalue weighted by atomic mass is 35.5. The highest BCUT2D eigenvalue weighted by molar-refractivity contribution is 7.89. The molecule has 0 aliphatic heterocycles. The fraction of sp³-hybridized carbons (Fsp3) is 1.00. The van der Waals surface area contributed by atoms with Crippen LogP contribution in [0.25, 0.3) is 0 Å². The summed E-state index contributed by atoms with van der Waals surface area (Å²) in [6.45, 7) is 0.433. The molecule has 1 saturated carbocycles. The fourth-order valence-corrected chi connectivity index (χ4v) is 4.26. The van der Waals surface area contributed by atoms with Crippen molar-refractivity contribution in [2.45, 2.75) is 50.9 Å². The molecule has 1 N–H and O–H groups in total. The zero-order valence-electron chi connectivity index (χ0n) is 11.8. The van der Waals surface area contributed by atoms with Crippen LogP contribution < -0.4 is 4.72 Å². The second kappa shape index (κ2) is 7.99. The minimum atomic E-state index is -4.36. The standard InChI is InChI=1S/C12H21ClF3NO3S/c1-9(6-13)7-21(18,19)17-10-3-2-4-11(5-10)20-8-12(14,15)16/h9-11,17H,2-8H2,1H3. The van der Waals surface area contributed by atoms with Crippen molar-refractivity contribution < 1.29 is 26.3 Å². The minimum Gasteiger partial charge on any atom is -0.369 e. The summed E-state index contributed by atoms with van der Waals surface area (Å²) in [5, 5.41) is 0. The van der Waals surface area contributed by atoms with Crippen LogP contribution in [0.3, 0.4) is 0 Å². The number of hydrogen-bond donors (Lipinski definition) is 1. The molecule has 126 valence electrons. The number of alkyl halides is 4. The van der Waals surface area contributed by atoms with Gasteiger partial charge in [-0.1, -0.05) is 6.92 Å². The third-order valence-corrected chi connectivity index (χ3v) is 5.45. The Labute approximate surface area is 128 Å². The Morgan fingerprint density at radius 3 is 2.62 bits per heavy atom. The SMILES string of the molecule is CC(CCl)CS(=O)(=O)NC1CCCC(OCC(F)(F)F)C1. The molecule has 0 amide bonds. The Hall–Kier alpha value is -0.0500. The molecular weight excluding hydrogens is 331 g/mol. The summed E-state index contributed by atoms with van der Waals surface area (Å²) in [5.74, 6) is -0.0192. The first-order valence-corrected chi connectivity index (χ1v) is 9.04. The van der Waals surface area contributed by atoms with Gasteiger partial charge in [0, 0.05) is 11.9 Å². The number of halogens is 4. The van der Waals surface area contributed by atoms with E-state index >= 15 is 0 Å². The van der Waals surface area contributed by atoms with Gasteiger partial charge in [-0.3, -0.25) is 0 Å². The summed E-state index contributed by atoms with van der Waals surface area (Å²) in [6, 6.07) is -0.371. The maximum Gasteiger partial charge on any atom is 0.411 e. The lowest BCUT2D eigenvalue weighted by Gasteiger charge is -2.30. The molecule has 21 heavy (non-hydrogen) atoms. The first kappa shape index (κ1) is 19.0. The molecule has 0 aromatic rings. The smallest absolute Gasteiger partial charge is 0.369 e. The van der Waals surface area contributed by atoms with Gasteiger partial charge in [0.05, 0.1) is 11.9 Å². The third-order valence-electron chi connectivity index (χ3n) is 3.22. The average molecular weight is 352 g/mol. The van der Waals surface area contributed by atoms with Crippen molar-refractivity contribution >= 4 is 21.6 Å². The summed E-state index contributed by atoms with van der Waals surface area (Å²) in [5.41, 5.74) is 0. The van der Waals surface area contributed by atoms with Crippen molar-refractivity contribution in [2.75, 3.05) is 18.2 Å². The topological polar surface area (TPSA) is 55.4 Å². The quantitative estimate of drug-likeness (QED) is 0.717. The van der Waals surface area contributed by atoms with Gasteiger partial charge in [-0.15, -0.1) is 11.6 Å². The van der Waals surface area contributed by atoms with Gasteiger partial charge in [-0.2, -0.15) is 13.2 Å². The average Bonchev–Trinajstić information content (AvgIpc) is 2.34. The summed E-state index contributed by atoms with van der Waals surface area (Å²) >= 11 is 5.59. The summed E-state index contributed by atoms with van der Waals surface area (Å²) in [6.07, 6.45) is -2.88. The minimum absolute atomic E-state index is 0.0823. The van der Waals surface area contributed by atoms with Crippen LogP contribution in [-0.4, -0.2) is 45.0 Å². The lowest BCUT2D eigenvalue weighted by atomic mass is 9.93. The van der Waals surface area contributed by atoms with E-state index in [-0.39, 0.29) is 30.0 Å². The predicted octanol–water partition coefficient (Wildman–Crippen LogP) is 2.67. The molecule has 4 nitrogen and oxygen atoms in total. The van der Waals surface area contributed by atoms with E-state index in [1.807, 2.05) is 0 Å². The summed E-state index contributed by atoms with van der Waals surface area (Å²) < 4.78 is 67.5. The number of hydrogen-bond acceptors (Lipinski definition) is 3. The van der Waals surface area contributed by atoms with Crippen LogP contribution in [0.4, 0.5) is 13.2 Å². The second-order valence-corrected chi connectivity index (χ2v) is 7.68. The Bertz CT molecular complexity index is 416. The molecule has 1 aliphatic rings. The first-order chi connectivity index (χ1) is 9.61. The van der Waals surface area contributed by atoms with E-state index in [1.54, 1.807) is 6.92 Å². The molecule has 0 heterocycles. The van der Waals surface area contributed by atoms with Crippen molar-refractivity contribution in [3.05, 3.63) is 0 Å². The van der Waals surface area contributed by atoms with Gasteiger partial charge in [0.2, 0.25) is 10.0 Å². The van der Waals surface area contributed by atoms with Gasteiger partial charge in [0.15, 0.2) is 0 Å². The lowest BCUT2D eigenvalue weighted by molar-refractivity contribution is -0.188. The van der Waals surface area contributed by atoms with E-state index in [2.05, 4.69) is 4.72 Å². The zero-order valence-corrected chi connectivity index (χ0v) is 13.4. The molecular formula is C12H21ClF3NO3S. The molecule has 0 saturated heterocycles. The fourth-order valence-electron chi connectivity index (χ4n) is 2.34. The third kappa shape index (κ3) is 8.23. The molecule has 0 aromatic carbocycles. The van der Waals surface area contributed by atoms with E-state index in [0.29, 0.717) is 19.3 Å². The Morgan fingerprint density at radius 1 is 1.38 bits per heavy atom. The van der Waals surface area contributed by atoms with Crippen LogP contribution in [-0.2, 0) is 14.8 Å². The molecule has 3 atom stereocenters. The Morgan fingerprint density at radius 2 is 2.05 bits per heavy atom. The van der Waals surface area contributed by atoms with Gasteiger partial charge in [0.25, 0.3) is 0 Å². The van der Waals surface area contributed by atoms with Crippen molar-refractivity contribution in [1.82, 2.24) is 4.72 Å². The van der Waals surface area contributed by atoms with E-state index in [4.69, 9.17) is 16.3 Å². The number of ether oxygens (including phenoxy) is 1. The highest BCUT2D eigenvalue weighted by Gasteiger charge is 2.32.